The molecule has 6 heteroatoms. The molecule has 4 aromatic carbocycles. The standard InChI is InChI=1S/C30H29ClN2O3/c1-22(25-12-7-4-8-13-25)33(30(34)32-27-15-9-14-26(31)19-27)20-24-16-17-28(35-2)29(18-24)36-21-23-10-5-3-6-11-23/h3-19,22H,20-21H2,1-2H3,(H,32,34). The number of hydrogen-bond acceptors (Lipinski definition) is 3. The molecule has 5 nitrogen and oxygen atoms in total. The first-order valence-electron chi connectivity index (χ1n) is 11.8. The summed E-state index contributed by atoms with van der Waals surface area (Å²) in [5, 5.41) is 3.55. The van der Waals surface area contributed by atoms with Crippen molar-refractivity contribution in [1.82, 2.24) is 4.90 Å². The molecule has 0 spiro atoms. The van der Waals surface area contributed by atoms with Crippen LogP contribution >= 0.6 is 11.6 Å². The Morgan fingerprint density at radius 2 is 1.58 bits per heavy atom. The molecule has 4 rings (SSSR count). The lowest BCUT2D eigenvalue weighted by atomic mass is 10.1. The Balaban J connectivity index is 1.59. The van der Waals surface area contributed by atoms with Crippen molar-refractivity contribution in [2.45, 2.75) is 26.1 Å². The van der Waals surface area contributed by atoms with Gasteiger partial charge in [0.25, 0.3) is 0 Å². The van der Waals surface area contributed by atoms with E-state index in [-0.39, 0.29) is 12.1 Å². The van der Waals surface area contributed by atoms with E-state index in [1.807, 2.05) is 97.9 Å². The summed E-state index contributed by atoms with van der Waals surface area (Å²) < 4.78 is 11.6. The number of urea groups is 1. The van der Waals surface area contributed by atoms with E-state index in [1.165, 1.54) is 0 Å². The van der Waals surface area contributed by atoms with E-state index < -0.39 is 0 Å². The maximum atomic E-state index is 13.5. The number of hydrogen-bond donors (Lipinski definition) is 1. The fourth-order valence-corrected chi connectivity index (χ4v) is 4.11. The molecule has 36 heavy (non-hydrogen) atoms. The van der Waals surface area contributed by atoms with Crippen LogP contribution in [0.15, 0.2) is 103 Å². The molecule has 0 aromatic heterocycles. The zero-order valence-electron chi connectivity index (χ0n) is 20.4. The monoisotopic (exact) mass is 500 g/mol. The highest BCUT2D eigenvalue weighted by Crippen LogP contribution is 2.31. The average Bonchev–Trinajstić information content (AvgIpc) is 2.91. The van der Waals surface area contributed by atoms with Crippen molar-refractivity contribution in [3.63, 3.8) is 0 Å². The lowest BCUT2D eigenvalue weighted by Crippen LogP contribution is -2.36. The van der Waals surface area contributed by atoms with E-state index in [0.717, 1.165) is 16.7 Å². The molecule has 0 fully saturated rings. The van der Waals surface area contributed by atoms with Gasteiger partial charge >= 0.3 is 6.03 Å². The second kappa shape index (κ2) is 12.1. The Hall–Kier alpha value is -3.96. The summed E-state index contributed by atoms with van der Waals surface area (Å²) >= 11 is 6.13. The Morgan fingerprint density at radius 1 is 0.861 bits per heavy atom. The van der Waals surface area contributed by atoms with Crippen LogP contribution in [-0.2, 0) is 13.2 Å². The topological polar surface area (TPSA) is 50.8 Å². The van der Waals surface area contributed by atoms with Gasteiger partial charge in [-0.1, -0.05) is 84.4 Å². The van der Waals surface area contributed by atoms with Crippen molar-refractivity contribution in [3.8, 4) is 11.5 Å². The highest BCUT2D eigenvalue weighted by Gasteiger charge is 2.23. The van der Waals surface area contributed by atoms with Crippen LogP contribution in [0, 0.1) is 0 Å². The SMILES string of the molecule is COc1ccc(CN(C(=O)Nc2cccc(Cl)c2)C(C)c2ccccc2)cc1OCc1ccccc1. The van der Waals surface area contributed by atoms with Gasteiger partial charge in [0.15, 0.2) is 11.5 Å². The normalized spacial score (nSPS) is 11.4. The van der Waals surface area contributed by atoms with Gasteiger partial charge in [-0.2, -0.15) is 0 Å². The third-order valence-corrected chi connectivity index (χ3v) is 6.14. The number of anilines is 1. The molecule has 0 aliphatic carbocycles. The number of methoxy groups -OCH3 is 1. The van der Waals surface area contributed by atoms with Gasteiger partial charge in [0.2, 0.25) is 0 Å². The molecule has 0 bridgehead atoms. The molecule has 184 valence electrons. The molecule has 0 aliphatic rings. The zero-order chi connectivity index (χ0) is 25.3. The highest BCUT2D eigenvalue weighted by molar-refractivity contribution is 6.30. The lowest BCUT2D eigenvalue weighted by Gasteiger charge is -2.30. The summed E-state index contributed by atoms with van der Waals surface area (Å²) in [6.07, 6.45) is 0. The van der Waals surface area contributed by atoms with Crippen LogP contribution in [-0.4, -0.2) is 18.0 Å². The number of rotatable bonds is 9. The lowest BCUT2D eigenvalue weighted by molar-refractivity contribution is 0.189. The van der Waals surface area contributed by atoms with Crippen LogP contribution in [0.2, 0.25) is 5.02 Å². The molecule has 1 atom stereocenters. The summed E-state index contributed by atoms with van der Waals surface area (Å²) in [5.74, 6) is 1.27. The minimum Gasteiger partial charge on any atom is -0.493 e. The van der Waals surface area contributed by atoms with Crippen LogP contribution in [0.4, 0.5) is 10.5 Å². The zero-order valence-corrected chi connectivity index (χ0v) is 21.1. The highest BCUT2D eigenvalue weighted by atomic mass is 35.5. The predicted octanol–water partition coefficient (Wildman–Crippen LogP) is 7.72. The van der Waals surface area contributed by atoms with Crippen LogP contribution in [0.3, 0.4) is 0 Å². The average molecular weight is 501 g/mol. The number of nitrogens with one attached hydrogen (secondary N) is 1. The first-order chi connectivity index (χ1) is 17.5. The fourth-order valence-electron chi connectivity index (χ4n) is 3.92. The molecule has 0 saturated carbocycles. The number of halogens is 1. The number of carbonyl (C=O) groups is 1. The van der Waals surface area contributed by atoms with Crippen LogP contribution < -0.4 is 14.8 Å². The number of benzene rings is 4. The summed E-state index contributed by atoms with van der Waals surface area (Å²) in [5.41, 5.74) is 3.65. The van der Waals surface area contributed by atoms with Gasteiger partial charge in [-0.15, -0.1) is 0 Å². The minimum atomic E-state index is -0.226. The molecule has 2 amide bonds. The Kier molecular flexibility index (Phi) is 8.48. The second-order valence-corrected chi connectivity index (χ2v) is 8.85. The van der Waals surface area contributed by atoms with Gasteiger partial charge in [0, 0.05) is 17.3 Å². The van der Waals surface area contributed by atoms with Crippen molar-refractivity contribution in [3.05, 3.63) is 125 Å². The largest absolute Gasteiger partial charge is 0.493 e. The van der Waals surface area contributed by atoms with Crippen LogP contribution in [0.1, 0.15) is 29.7 Å². The molecular weight excluding hydrogens is 472 g/mol. The number of carbonyl (C=O) groups excluding carboxylic acids is 1. The van der Waals surface area contributed by atoms with Crippen molar-refractivity contribution < 1.29 is 14.3 Å². The van der Waals surface area contributed by atoms with Crippen molar-refractivity contribution in [2.24, 2.45) is 0 Å². The maximum absolute atomic E-state index is 13.5. The minimum absolute atomic E-state index is 0.179. The molecule has 0 heterocycles. The van der Waals surface area contributed by atoms with Crippen molar-refractivity contribution >= 4 is 23.3 Å². The van der Waals surface area contributed by atoms with Gasteiger partial charge in [0.1, 0.15) is 6.61 Å². The summed E-state index contributed by atoms with van der Waals surface area (Å²) in [6.45, 7) is 2.80. The second-order valence-electron chi connectivity index (χ2n) is 8.41. The van der Waals surface area contributed by atoms with E-state index in [2.05, 4.69) is 5.32 Å². The maximum Gasteiger partial charge on any atom is 0.322 e. The van der Waals surface area contributed by atoms with Crippen molar-refractivity contribution in [2.75, 3.05) is 12.4 Å². The first-order valence-corrected chi connectivity index (χ1v) is 12.1. The quantitative estimate of drug-likeness (QED) is 0.256. The molecular formula is C30H29ClN2O3. The first kappa shape index (κ1) is 25.1. The Bertz CT molecular complexity index is 1280. The smallest absolute Gasteiger partial charge is 0.322 e. The molecule has 1 N–H and O–H groups in total. The van der Waals surface area contributed by atoms with Crippen LogP contribution in [0.25, 0.3) is 0 Å². The molecule has 1 unspecified atom stereocenters. The number of nitrogens with zero attached hydrogens (tertiary/aromatic N) is 1. The summed E-state index contributed by atoms with van der Waals surface area (Å²) in [6, 6.07) is 32.4. The number of amides is 2. The van der Waals surface area contributed by atoms with E-state index in [9.17, 15) is 4.79 Å². The Labute approximate surface area is 217 Å². The van der Waals surface area contributed by atoms with Gasteiger partial charge in [-0.3, -0.25) is 0 Å². The van der Waals surface area contributed by atoms with E-state index in [4.69, 9.17) is 21.1 Å². The van der Waals surface area contributed by atoms with Gasteiger partial charge < -0.3 is 19.7 Å². The number of ether oxygens (including phenoxy) is 2. The molecule has 0 radical (unpaired) electrons. The van der Waals surface area contributed by atoms with Gasteiger partial charge in [-0.25, -0.2) is 4.79 Å². The van der Waals surface area contributed by atoms with Crippen LogP contribution in [0.5, 0.6) is 11.5 Å². The van der Waals surface area contributed by atoms with E-state index in [1.54, 1.807) is 24.1 Å². The summed E-state index contributed by atoms with van der Waals surface area (Å²) in [7, 11) is 1.62. The summed E-state index contributed by atoms with van der Waals surface area (Å²) in [4.78, 5) is 15.3. The van der Waals surface area contributed by atoms with E-state index in [0.29, 0.717) is 35.4 Å². The predicted molar refractivity (Wildman–Crippen MR) is 145 cm³/mol. The Morgan fingerprint density at radius 3 is 2.28 bits per heavy atom. The molecule has 4 aromatic rings. The van der Waals surface area contributed by atoms with Crippen molar-refractivity contribution in [1.29, 1.82) is 0 Å². The molecule has 0 saturated heterocycles. The fraction of sp³-hybridized carbons (Fsp3) is 0.167. The van der Waals surface area contributed by atoms with Gasteiger partial charge in [0.05, 0.1) is 13.2 Å². The third kappa shape index (κ3) is 6.58. The van der Waals surface area contributed by atoms with Gasteiger partial charge in [-0.05, 0) is 53.9 Å². The molecule has 0 aliphatic heterocycles. The van der Waals surface area contributed by atoms with E-state index >= 15 is 0 Å². The third-order valence-electron chi connectivity index (χ3n) is 5.90.